The molecule has 0 aliphatic carbocycles. The van der Waals surface area contributed by atoms with Crippen molar-refractivity contribution in [2.75, 3.05) is 11.1 Å². The zero-order valence-electron chi connectivity index (χ0n) is 15.9. The minimum absolute atomic E-state index is 0.0800. The molecule has 30 heavy (non-hydrogen) atoms. The molecule has 2 aromatic carbocycles. The van der Waals surface area contributed by atoms with Crippen LogP contribution in [0.15, 0.2) is 77.8 Å². The number of para-hydroxylation sites is 2. The van der Waals surface area contributed by atoms with Crippen molar-refractivity contribution in [3.05, 3.63) is 89.6 Å². The highest BCUT2D eigenvalue weighted by atomic mass is 32.2. The number of amides is 1. The van der Waals surface area contributed by atoms with Crippen molar-refractivity contribution in [2.24, 2.45) is 0 Å². The van der Waals surface area contributed by atoms with Crippen molar-refractivity contribution >= 4 is 40.1 Å². The number of nitriles is 1. The van der Waals surface area contributed by atoms with Crippen LogP contribution in [0.2, 0.25) is 0 Å². The lowest BCUT2D eigenvalue weighted by Gasteiger charge is -2.10. The Bertz CT molecular complexity index is 1270. The van der Waals surface area contributed by atoms with Crippen LogP contribution in [-0.2, 0) is 5.75 Å². The third-order valence-corrected chi connectivity index (χ3v) is 5.45. The number of hydrogen-bond donors (Lipinski definition) is 2. The summed E-state index contributed by atoms with van der Waals surface area (Å²) in [5.74, 6) is 0.202. The lowest BCUT2D eigenvalue weighted by atomic mass is 10.2. The number of nitrogen functional groups attached to an aromatic ring is 1. The Balaban J connectivity index is 1.54. The number of rotatable bonds is 5. The van der Waals surface area contributed by atoms with Gasteiger partial charge in [0.15, 0.2) is 0 Å². The number of aromatic nitrogens is 2. The second-order valence-electron chi connectivity index (χ2n) is 6.49. The lowest BCUT2D eigenvalue weighted by Crippen LogP contribution is -2.15. The van der Waals surface area contributed by atoms with Gasteiger partial charge < -0.3 is 11.1 Å². The summed E-state index contributed by atoms with van der Waals surface area (Å²) in [7, 11) is 0. The summed E-state index contributed by atoms with van der Waals surface area (Å²) in [6.45, 7) is 0. The summed E-state index contributed by atoms with van der Waals surface area (Å²) in [5, 5.41) is 13.9. The number of hydrogen-bond acceptors (Lipinski definition) is 6. The number of anilines is 2. The number of benzene rings is 2. The topological polar surface area (TPSA) is 105 Å². The van der Waals surface area contributed by atoms with E-state index in [0.717, 1.165) is 16.6 Å². The van der Waals surface area contributed by atoms with Gasteiger partial charge in [-0.1, -0.05) is 54.2 Å². The molecule has 0 fully saturated rings. The van der Waals surface area contributed by atoms with Gasteiger partial charge in [0.2, 0.25) is 0 Å². The molecule has 6 nitrogen and oxygen atoms in total. The lowest BCUT2D eigenvalue weighted by molar-refractivity contribution is 0.102. The first-order valence-electron chi connectivity index (χ1n) is 9.18. The van der Waals surface area contributed by atoms with E-state index >= 15 is 0 Å². The highest BCUT2D eigenvalue weighted by Gasteiger charge is 2.16. The van der Waals surface area contributed by atoms with Crippen molar-refractivity contribution in [2.45, 2.75) is 10.8 Å². The number of carbonyl (C=O) groups excluding carboxylic acids is 1. The van der Waals surface area contributed by atoms with Crippen molar-refractivity contribution in [1.82, 2.24) is 9.97 Å². The van der Waals surface area contributed by atoms with Crippen LogP contribution in [0.1, 0.15) is 21.6 Å². The molecule has 0 unspecified atom stereocenters. The molecule has 0 radical (unpaired) electrons. The maximum Gasteiger partial charge on any atom is 0.259 e. The zero-order valence-corrected chi connectivity index (χ0v) is 16.7. The Morgan fingerprint density at radius 1 is 1.03 bits per heavy atom. The largest absolute Gasteiger partial charge is 0.383 e. The fraction of sp³-hybridized carbons (Fsp3) is 0.0435. The van der Waals surface area contributed by atoms with Crippen LogP contribution in [0.4, 0.5) is 11.5 Å². The highest BCUT2D eigenvalue weighted by Crippen LogP contribution is 2.27. The number of nitrogens with one attached hydrogen (secondary N) is 1. The number of pyridine rings is 2. The SMILES string of the molecule is N#Cc1cc(C(=O)Nc2ccccc2)c(N)nc1SCc1ccc2ccccc2n1. The molecule has 146 valence electrons. The minimum Gasteiger partial charge on any atom is -0.383 e. The Kier molecular flexibility index (Phi) is 5.59. The first kappa shape index (κ1) is 19.4. The van der Waals surface area contributed by atoms with Crippen LogP contribution in [0.3, 0.4) is 0 Å². The van der Waals surface area contributed by atoms with Crippen molar-refractivity contribution < 1.29 is 4.79 Å². The summed E-state index contributed by atoms with van der Waals surface area (Å²) in [6, 6.07) is 24.5. The molecule has 4 aromatic rings. The van der Waals surface area contributed by atoms with Gasteiger partial charge in [0.25, 0.3) is 5.91 Å². The summed E-state index contributed by atoms with van der Waals surface area (Å²) < 4.78 is 0. The van der Waals surface area contributed by atoms with Crippen LogP contribution in [-0.4, -0.2) is 15.9 Å². The van der Waals surface area contributed by atoms with E-state index in [0.29, 0.717) is 22.0 Å². The van der Waals surface area contributed by atoms with Crippen molar-refractivity contribution in [1.29, 1.82) is 5.26 Å². The molecule has 1 amide bonds. The molecule has 0 spiro atoms. The second kappa shape index (κ2) is 8.64. The number of fused-ring (bicyclic) bond motifs is 1. The molecule has 0 aliphatic rings. The average Bonchev–Trinajstić information content (AvgIpc) is 2.78. The molecule has 2 aromatic heterocycles. The maximum atomic E-state index is 12.6. The third kappa shape index (κ3) is 4.24. The van der Waals surface area contributed by atoms with Gasteiger partial charge in [-0.3, -0.25) is 9.78 Å². The molecule has 0 atom stereocenters. The minimum atomic E-state index is -0.407. The summed E-state index contributed by atoms with van der Waals surface area (Å²) in [6.07, 6.45) is 0. The highest BCUT2D eigenvalue weighted by molar-refractivity contribution is 7.98. The van der Waals surface area contributed by atoms with Crippen LogP contribution >= 0.6 is 11.8 Å². The van der Waals surface area contributed by atoms with Crippen LogP contribution in [0.25, 0.3) is 10.9 Å². The van der Waals surface area contributed by atoms with E-state index in [-0.39, 0.29) is 11.4 Å². The number of nitrogens with zero attached hydrogens (tertiary/aromatic N) is 3. The predicted molar refractivity (Wildman–Crippen MR) is 119 cm³/mol. The molecule has 0 saturated heterocycles. The van der Waals surface area contributed by atoms with E-state index in [1.165, 1.54) is 17.8 Å². The van der Waals surface area contributed by atoms with Crippen LogP contribution in [0.5, 0.6) is 0 Å². The molecule has 0 saturated carbocycles. The van der Waals surface area contributed by atoms with Gasteiger partial charge in [-0.15, -0.1) is 0 Å². The molecular weight excluding hydrogens is 394 g/mol. The first-order valence-corrected chi connectivity index (χ1v) is 10.2. The Hall–Kier alpha value is -3.89. The average molecular weight is 411 g/mol. The smallest absolute Gasteiger partial charge is 0.259 e. The molecule has 0 aliphatic heterocycles. The van der Waals surface area contributed by atoms with Crippen molar-refractivity contribution in [3.8, 4) is 6.07 Å². The summed E-state index contributed by atoms with van der Waals surface area (Å²) in [4.78, 5) is 21.5. The van der Waals surface area contributed by atoms with Gasteiger partial charge in [0.05, 0.1) is 22.3 Å². The quantitative estimate of drug-likeness (QED) is 0.464. The fourth-order valence-corrected chi connectivity index (χ4v) is 3.80. The van der Waals surface area contributed by atoms with Gasteiger partial charge in [-0.25, -0.2) is 4.98 Å². The fourth-order valence-electron chi connectivity index (χ4n) is 2.93. The molecule has 2 heterocycles. The molecule has 0 bridgehead atoms. The van der Waals surface area contributed by atoms with E-state index in [2.05, 4.69) is 21.4 Å². The van der Waals surface area contributed by atoms with E-state index < -0.39 is 5.91 Å². The second-order valence-corrected chi connectivity index (χ2v) is 7.45. The molecule has 3 N–H and O–H groups in total. The van der Waals surface area contributed by atoms with E-state index in [4.69, 9.17) is 5.73 Å². The van der Waals surface area contributed by atoms with E-state index in [1.807, 2.05) is 54.6 Å². The Morgan fingerprint density at radius 3 is 2.60 bits per heavy atom. The monoisotopic (exact) mass is 411 g/mol. The van der Waals surface area contributed by atoms with E-state index in [1.54, 1.807) is 12.1 Å². The predicted octanol–water partition coefficient (Wildman–Crippen LogP) is 4.63. The van der Waals surface area contributed by atoms with Gasteiger partial charge in [-0.05, 0) is 30.3 Å². The van der Waals surface area contributed by atoms with Crippen LogP contribution < -0.4 is 11.1 Å². The Labute approximate surface area is 177 Å². The Morgan fingerprint density at radius 2 is 1.80 bits per heavy atom. The van der Waals surface area contributed by atoms with Gasteiger partial charge in [0, 0.05) is 16.8 Å². The first-order chi connectivity index (χ1) is 14.6. The van der Waals surface area contributed by atoms with Gasteiger partial charge >= 0.3 is 0 Å². The van der Waals surface area contributed by atoms with Gasteiger partial charge in [-0.2, -0.15) is 5.26 Å². The van der Waals surface area contributed by atoms with Crippen LogP contribution in [0, 0.1) is 11.3 Å². The van der Waals surface area contributed by atoms with E-state index in [9.17, 15) is 10.1 Å². The summed E-state index contributed by atoms with van der Waals surface area (Å²) >= 11 is 1.36. The normalized spacial score (nSPS) is 10.5. The standard InChI is InChI=1S/C23H17N5OS/c24-13-16-12-19(22(29)27-17-7-2-1-3-8-17)21(25)28-23(16)30-14-18-11-10-15-6-4-5-9-20(15)26-18/h1-12H,14H2,(H2,25,28)(H,27,29). The molecular formula is C23H17N5OS. The number of carbonyl (C=O) groups is 1. The molecule has 7 heteroatoms. The van der Waals surface area contributed by atoms with Gasteiger partial charge in [0.1, 0.15) is 16.9 Å². The summed E-state index contributed by atoms with van der Waals surface area (Å²) in [5.41, 5.74) is 8.92. The third-order valence-electron chi connectivity index (χ3n) is 4.43. The molecule has 4 rings (SSSR count). The zero-order chi connectivity index (χ0) is 20.9. The number of thioether (sulfide) groups is 1. The van der Waals surface area contributed by atoms with Crippen molar-refractivity contribution in [3.63, 3.8) is 0 Å². The number of nitrogens with two attached hydrogens (primary N) is 1. The maximum absolute atomic E-state index is 12.6.